The van der Waals surface area contributed by atoms with Gasteiger partial charge in [-0.05, 0) is 31.4 Å². The second-order valence-electron chi connectivity index (χ2n) is 6.39. The molecule has 26 heavy (non-hydrogen) atoms. The maximum atomic E-state index is 12.8. The van der Waals surface area contributed by atoms with E-state index in [2.05, 4.69) is 0 Å². The van der Waals surface area contributed by atoms with Crippen LogP contribution in [0.25, 0.3) is 0 Å². The van der Waals surface area contributed by atoms with Crippen LogP contribution < -0.4 is 5.73 Å². The molecule has 1 aromatic rings. The fourth-order valence-electron chi connectivity index (χ4n) is 3.42. The number of hydrogen-bond acceptors (Lipinski definition) is 6. The number of likely N-dealkylation sites (tertiary alicyclic amines) is 1. The van der Waals surface area contributed by atoms with E-state index < -0.39 is 23.8 Å². The molecule has 8 heteroatoms. The van der Waals surface area contributed by atoms with Crippen LogP contribution >= 0.6 is 0 Å². The highest BCUT2D eigenvalue weighted by Crippen LogP contribution is 2.32. The molecule has 2 aliphatic heterocycles. The maximum Gasteiger partial charge on any atom is 0.264 e. The summed E-state index contributed by atoms with van der Waals surface area (Å²) in [4.78, 5) is 52.4. The molecule has 0 bridgehead atoms. The molecule has 4 amide bonds. The molecule has 1 unspecified atom stereocenters. The van der Waals surface area contributed by atoms with Gasteiger partial charge in [0.2, 0.25) is 5.91 Å². The summed E-state index contributed by atoms with van der Waals surface area (Å²) in [5.74, 6) is -1.90. The highest BCUT2D eigenvalue weighted by atomic mass is 16.5. The molecule has 2 aliphatic rings. The van der Waals surface area contributed by atoms with Gasteiger partial charge < -0.3 is 10.5 Å². The van der Waals surface area contributed by atoms with Crippen LogP contribution in [0.1, 0.15) is 46.4 Å². The monoisotopic (exact) mass is 359 g/mol. The molecule has 1 atom stereocenters. The highest BCUT2D eigenvalue weighted by Gasteiger charge is 2.47. The van der Waals surface area contributed by atoms with Crippen molar-refractivity contribution in [3.63, 3.8) is 0 Å². The lowest BCUT2D eigenvalue weighted by Gasteiger charge is -2.34. The van der Waals surface area contributed by atoms with Gasteiger partial charge in [0.15, 0.2) is 0 Å². The Morgan fingerprint density at radius 3 is 2.62 bits per heavy atom. The Labute approximate surface area is 150 Å². The number of anilines is 1. The predicted octanol–water partition coefficient (Wildman–Crippen LogP) is 0.809. The van der Waals surface area contributed by atoms with Gasteiger partial charge in [0.1, 0.15) is 6.04 Å². The van der Waals surface area contributed by atoms with Crippen molar-refractivity contribution in [2.45, 2.75) is 31.7 Å². The van der Waals surface area contributed by atoms with Gasteiger partial charge in [-0.15, -0.1) is 0 Å². The molecule has 1 saturated heterocycles. The zero-order valence-corrected chi connectivity index (χ0v) is 14.6. The Balaban J connectivity index is 1.80. The molecule has 138 valence electrons. The van der Waals surface area contributed by atoms with Gasteiger partial charge in [-0.2, -0.15) is 0 Å². The second-order valence-corrected chi connectivity index (χ2v) is 6.39. The van der Waals surface area contributed by atoms with Crippen LogP contribution in [0.3, 0.4) is 0 Å². The second kappa shape index (κ2) is 7.25. The summed E-state index contributed by atoms with van der Waals surface area (Å²) < 4.78 is 4.96. The largest absolute Gasteiger partial charge is 0.398 e. The molecule has 2 heterocycles. The Morgan fingerprint density at radius 1 is 1.15 bits per heavy atom. The van der Waals surface area contributed by atoms with E-state index in [1.807, 2.05) is 0 Å². The topological polar surface area (TPSA) is 110 Å². The summed E-state index contributed by atoms with van der Waals surface area (Å²) in [6, 6.07) is 3.69. The van der Waals surface area contributed by atoms with E-state index in [9.17, 15) is 19.2 Å². The third-order valence-corrected chi connectivity index (χ3v) is 4.75. The molecule has 1 aromatic carbocycles. The first-order valence-corrected chi connectivity index (χ1v) is 8.57. The van der Waals surface area contributed by atoms with E-state index in [1.54, 1.807) is 19.2 Å². The third-order valence-electron chi connectivity index (χ3n) is 4.75. The molecular weight excluding hydrogens is 338 g/mol. The van der Waals surface area contributed by atoms with E-state index in [0.717, 1.165) is 9.80 Å². The first-order valence-electron chi connectivity index (χ1n) is 8.57. The minimum atomic E-state index is -0.970. The fourth-order valence-corrected chi connectivity index (χ4v) is 3.42. The minimum Gasteiger partial charge on any atom is -0.398 e. The van der Waals surface area contributed by atoms with Crippen molar-refractivity contribution in [2.24, 2.45) is 0 Å². The highest BCUT2D eigenvalue weighted by molar-refractivity contribution is 6.25. The van der Waals surface area contributed by atoms with Crippen LogP contribution in [-0.4, -0.2) is 59.7 Å². The summed E-state index contributed by atoms with van der Waals surface area (Å²) in [6.45, 7) is 0.792. The number of nitrogen functional groups attached to an aromatic ring is 1. The average Bonchev–Trinajstić information content (AvgIpc) is 2.87. The van der Waals surface area contributed by atoms with E-state index in [1.165, 1.54) is 6.07 Å². The standard InChI is InChI=1S/C18H21N3O5/c1-26-10-3-2-9-20-14(22)8-7-13(17(20)24)21-16(23)11-5-4-6-12(19)15(11)18(21)25/h4-6,13H,2-3,7-10,19H2,1H3. The quantitative estimate of drug-likeness (QED) is 0.457. The number of methoxy groups -OCH3 is 1. The van der Waals surface area contributed by atoms with Crippen LogP contribution in [0.4, 0.5) is 5.69 Å². The van der Waals surface area contributed by atoms with E-state index in [0.29, 0.717) is 19.4 Å². The van der Waals surface area contributed by atoms with Crippen LogP contribution in [0, 0.1) is 0 Å². The van der Waals surface area contributed by atoms with Crippen molar-refractivity contribution >= 4 is 29.3 Å². The summed E-state index contributed by atoms with van der Waals surface area (Å²) in [7, 11) is 1.58. The summed E-state index contributed by atoms with van der Waals surface area (Å²) in [6.07, 6.45) is 1.57. The Bertz CT molecular complexity index is 776. The number of hydrogen-bond donors (Lipinski definition) is 1. The van der Waals surface area contributed by atoms with Gasteiger partial charge >= 0.3 is 0 Å². The number of piperidine rings is 1. The number of unbranched alkanes of at least 4 members (excludes halogenated alkanes) is 1. The lowest BCUT2D eigenvalue weighted by molar-refractivity contribution is -0.151. The molecule has 0 aliphatic carbocycles. The molecule has 0 aromatic heterocycles. The SMILES string of the molecule is COCCCCN1C(=O)CCC(N2C(=O)c3cccc(N)c3C2=O)C1=O. The molecule has 0 spiro atoms. The lowest BCUT2D eigenvalue weighted by atomic mass is 10.0. The van der Waals surface area contributed by atoms with Crippen LogP contribution in [-0.2, 0) is 14.3 Å². The summed E-state index contributed by atoms with van der Waals surface area (Å²) in [5.41, 5.74) is 6.37. The van der Waals surface area contributed by atoms with Crippen molar-refractivity contribution in [2.75, 3.05) is 26.0 Å². The van der Waals surface area contributed by atoms with Crippen molar-refractivity contribution in [1.82, 2.24) is 9.80 Å². The molecule has 8 nitrogen and oxygen atoms in total. The molecule has 3 rings (SSSR count). The molecule has 2 N–H and O–H groups in total. The Morgan fingerprint density at radius 2 is 1.92 bits per heavy atom. The number of benzene rings is 1. The van der Waals surface area contributed by atoms with Gasteiger partial charge in [0, 0.05) is 32.4 Å². The molecule has 1 fully saturated rings. The van der Waals surface area contributed by atoms with Gasteiger partial charge in [-0.25, -0.2) is 0 Å². The van der Waals surface area contributed by atoms with Crippen molar-refractivity contribution in [3.8, 4) is 0 Å². The number of imide groups is 2. The first-order chi connectivity index (χ1) is 12.5. The van der Waals surface area contributed by atoms with Crippen LogP contribution in [0.5, 0.6) is 0 Å². The van der Waals surface area contributed by atoms with Gasteiger partial charge in [-0.3, -0.25) is 29.0 Å². The van der Waals surface area contributed by atoms with Gasteiger partial charge in [-0.1, -0.05) is 6.07 Å². The number of nitrogens with zero attached hydrogens (tertiary/aromatic N) is 2. The molecule has 0 saturated carbocycles. The predicted molar refractivity (Wildman–Crippen MR) is 92.2 cm³/mol. The van der Waals surface area contributed by atoms with Crippen LogP contribution in [0.15, 0.2) is 18.2 Å². The Kier molecular flexibility index (Phi) is 5.03. The number of amides is 4. The molecular formula is C18H21N3O5. The number of ether oxygens (including phenoxy) is 1. The lowest BCUT2D eigenvalue weighted by Crippen LogP contribution is -2.56. The average molecular weight is 359 g/mol. The summed E-state index contributed by atoms with van der Waals surface area (Å²) in [5, 5.41) is 0. The van der Waals surface area contributed by atoms with E-state index in [4.69, 9.17) is 10.5 Å². The first kappa shape index (κ1) is 18.1. The molecule has 0 radical (unpaired) electrons. The number of nitrogens with two attached hydrogens (primary N) is 1. The van der Waals surface area contributed by atoms with Crippen molar-refractivity contribution in [3.05, 3.63) is 29.3 Å². The Hall–Kier alpha value is -2.74. The number of fused-ring (bicyclic) bond motifs is 1. The fraction of sp³-hybridized carbons (Fsp3) is 0.444. The van der Waals surface area contributed by atoms with Gasteiger partial charge in [0.25, 0.3) is 17.7 Å². The zero-order chi connectivity index (χ0) is 18.8. The van der Waals surface area contributed by atoms with Crippen molar-refractivity contribution in [1.29, 1.82) is 0 Å². The zero-order valence-electron chi connectivity index (χ0n) is 14.6. The number of rotatable bonds is 6. The minimum absolute atomic E-state index is 0.115. The summed E-state index contributed by atoms with van der Waals surface area (Å²) >= 11 is 0. The van der Waals surface area contributed by atoms with E-state index in [-0.39, 0.29) is 42.1 Å². The van der Waals surface area contributed by atoms with Crippen LogP contribution in [0.2, 0.25) is 0 Å². The third kappa shape index (κ3) is 2.96. The normalized spacial score (nSPS) is 20.1. The smallest absolute Gasteiger partial charge is 0.264 e. The maximum absolute atomic E-state index is 12.8. The van der Waals surface area contributed by atoms with Gasteiger partial charge in [0.05, 0.1) is 11.1 Å². The van der Waals surface area contributed by atoms with E-state index >= 15 is 0 Å². The number of carbonyl (C=O) groups is 4. The van der Waals surface area contributed by atoms with Crippen molar-refractivity contribution < 1.29 is 23.9 Å². The number of carbonyl (C=O) groups excluding carboxylic acids is 4.